The second-order valence-electron chi connectivity index (χ2n) is 12.3. The van der Waals surface area contributed by atoms with Gasteiger partial charge >= 0.3 is 6.03 Å². The van der Waals surface area contributed by atoms with Gasteiger partial charge in [-0.1, -0.05) is 48.5 Å². The monoisotopic (exact) mass is 842 g/mol. The number of amides is 2. The fraction of sp³-hybridized carbons (Fsp3) is 0.0571. The molecule has 56 heavy (non-hydrogen) atoms. The predicted octanol–water partition coefficient (Wildman–Crippen LogP) is 5.76. The number of carbonyl (C=O) groups is 1. The van der Waals surface area contributed by atoms with E-state index < -0.39 is 67.6 Å². The normalized spacial score (nSPS) is 12.4. The summed E-state index contributed by atoms with van der Waals surface area (Å²) in [6, 6.07) is 19.7. The van der Waals surface area contributed by atoms with E-state index in [1.54, 1.807) is 0 Å². The molecule has 0 radical (unpaired) electrons. The van der Waals surface area contributed by atoms with Crippen LogP contribution in [0.1, 0.15) is 11.1 Å². The molecule has 6 rings (SSSR count). The van der Waals surface area contributed by atoms with Crippen LogP contribution in [0.5, 0.6) is 11.5 Å². The SMILES string of the molecule is Cc1cc(S(=O)(=O)Nc2cc(O)c(S(=O)(=O)O)c3ccccc23)ccc1NC(=O)Nc1ccc(S(=O)(=O)Nc2cc(O)c(S(=O)(=O)O)c3ccccc23)cc1C. The molecule has 0 bridgehead atoms. The van der Waals surface area contributed by atoms with E-state index in [-0.39, 0.29) is 54.1 Å². The Morgan fingerprint density at radius 3 is 1.14 bits per heavy atom. The molecule has 17 nitrogen and oxygen atoms in total. The Labute approximate surface area is 320 Å². The quantitative estimate of drug-likeness (QED) is 0.0763. The predicted molar refractivity (Wildman–Crippen MR) is 207 cm³/mol. The summed E-state index contributed by atoms with van der Waals surface area (Å²) in [5, 5.41) is 25.8. The first kappa shape index (κ1) is 39.7. The Bertz CT molecular complexity index is 2880. The Morgan fingerprint density at radius 1 is 0.482 bits per heavy atom. The van der Waals surface area contributed by atoms with E-state index in [0.717, 1.165) is 12.1 Å². The zero-order valence-electron chi connectivity index (χ0n) is 28.8. The molecule has 0 saturated carbocycles. The van der Waals surface area contributed by atoms with Gasteiger partial charge in [0.05, 0.1) is 21.2 Å². The van der Waals surface area contributed by atoms with Gasteiger partial charge in [0.25, 0.3) is 40.3 Å². The minimum atomic E-state index is -4.87. The number of phenols is 2. The van der Waals surface area contributed by atoms with Crippen LogP contribution >= 0.6 is 0 Å². The Hall–Kier alpha value is -5.97. The van der Waals surface area contributed by atoms with Crippen molar-refractivity contribution in [2.75, 3.05) is 20.1 Å². The molecule has 0 aliphatic carbocycles. The van der Waals surface area contributed by atoms with Crippen LogP contribution in [0.2, 0.25) is 0 Å². The molecular formula is C35H30N4O13S4. The molecule has 0 fully saturated rings. The van der Waals surface area contributed by atoms with Gasteiger partial charge in [0, 0.05) is 45.1 Å². The van der Waals surface area contributed by atoms with Gasteiger partial charge in [-0.15, -0.1) is 0 Å². The van der Waals surface area contributed by atoms with Crippen molar-refractivity contribution in [3.63, 3.8) is 0 Å². The van der Waals surface area contributed by atoms with Gasteiger partial charge in [-0.3, -0.25) is 18.5 Å². The maximum atomic E-state index is 13.4. The van der Waals surface area contributed by atoms with Gasteiger partial charge in [-0.2, -0.15) is 16.8 Å². The molecule has 2 amide bonds. The first-order valence-electron chi connectivity index (χ1n) is 15.9. The van der Waals surface area contributed by atoms with Crippen molar-refractivity contribution in [2.24, 2.45) is 0 Å². The molecule has 0 unspecified atom stereocenters. The molecule has 6 aromatic carbocycles. The molecule has 21 heteroatoms. The minimum Gasteiger partial charge on any atom is -0.506 e. The first-order valence-corrected chi connectivity index (χ1v) is 21.7. The molecule has 0 aliphatic heterocycles. The Morgan fingerprint density at radius 2 is 0.821 bits per heavy atom. The van der Waals surface area contributed by atoms with Crippen molar-refractivity contribution in [3.8, 4) is 11.5 Å². The van der Waals surface area contributed by atoms with Crippen molar-refractivity contribution in [1.82, 2.24) is 0 Å². The molecule has 8 N–H and O–H groups in total. The standard InChI is InChI=1S/C35H30N4O13S4/c1-19-15-21(53(43,44)38-29-17-31(40)33(55(47,48)49)25-9-5-3-7-23(25)29)11-13-27(19)36-35(42)37-28-14-12-22(16-20(28)2)54(45,46)39-30-18-32(41)34(56(50,51)52)26-10-6-4-8-24(26)30/h3-18,38-41H,1-2H3,(H2,36,37,42)(H,47,48,49)(H,50,51,52). The first-order chi connectivity index (χ1) is 26.1. The zero-order chi connectivity index (χ0) is 41.0. The van der Waals surface area contributed by atoms with E-state index in [4.69, 9.17) is 0 Å². The summed E-state index contributed by atoms with van der Waals surface area (Å²) in [4.78, 5) is 10.9. The average molecular weight is 843 g/mol. The highest BCUT2D eigenvalue weighted by Crippen LogP contribution is 2.39. The smallest absolute Gasteiger partial charge is 0.323 e. The lowest BCUT2D eigenvalue weighted by Crippen LogP contribution is -2.21. The molecule has 6 aromatic rings. The van der Waals surface area contributed by atoms with Gasteiger partial charge in [0.15, 0.2) is 0 Å². The molecular weight excluding hydrogens is 813 g/mol. The van der Waals surface area contributed by atoms with E-state index in [0.29, 0.717) is 11.1 Å². The highest BCUT2D eigenvalue weighted by atomic mass is 32.2. The molecule has 0 heterocycles. The largest absolute Gasteiger partial charge is 0.506 e. The van der Waals surface area contributed by atoms with Crippen molar-refractivity contribution >= 4 is 90.6 Å². The van der Waals surface area contributed by atoms with Crippen LogP contribution in [0.4, 0.5) is 27.5 Å². The summed E-state index contributed by atoms with van der Waals surface area (Å²) in [6.07, 6.45) is 0. The third-order valence-corrected chi connectivity index (χ3v) is 13.1. The Balaban J connectivity index is 1.18. The lowest BCUT2D eigenvalue weighted by molar-refractivity contribution is 0.262. The number of aryl methyl sites for hydroxylation is 2. The van der Waals surface area contributed by atoms with Gasteiger partial charge < -0.3 is 20.8 Å². The van der Waals surface area contributed by atoms with Crippen LogP contribution in [0, 0.1) is 13.8 Å². The third kappa shape index (κ3) is 7.89. The number of carbonyl (C=O) groups excluding carboxylic acids is 1. The van der Waals surface area contributed by atoms with E-state index in [9.17, 15) is 57.8 Å². The second-order valence-corrected chi connectivity index (χ2v) is 18.4. The number of hydrogen-bond acceptors (Lipinski definition) is 11. The highest BCUT2D eigenvalue weighted by molar-refractivity contribution is 7.93. The molecule has 0 aromatic heterocycles. The number of urea groups is 1. The van der Waals surface area contributed by atoms with Gasteiger partial charge in [0.1, 0.15) is 21.3 Å². The Kier molecular flexibility index (Phi) is 10.1. The number of sulfonamides is 2. The van der Waals surface area contributed by atoms with Crippen LogP contribution in [0.15, 0.2) is 117 Å². The second kappa shape index (κ2) is 14.3. The lowest BCUT2D eigenvalue weighted by atomic mass is 10.1. The number of phenolic OH excluding ortho intramolecular Hbond substituents is 2. The van der Waals surface area contributed by atoms with Gasteiger partial charge in [-0.25, -0.2) is 21.6 Å². The van der Waals surface area contributed by atoms with E-state index in [1.165, 1.54) is 98.8 Å². The van der Waals surface area contributed by atoms with Crippen LogP contribution in [-0.4, -0.2) is 59.0 Å². The van der Waals surface area contributed by atoms with Crippen LogP contribution in [0.25, 0.3) is 21.5 Å². The number of rotatable bonds is 10. The molecule has 292 valence electrons. The maximum absolute atomic E-state index is 13.4. The highest BCUT2D eigenvalue weighted by Gasteiger charge is 2.26. The minimum absolute atomic E-state index is 0.0762. The summed E-state index contributed by atoms with van der Waals surface area (Å²) in [7, 11) is -18.4. The lowest BCUT2D eigenvalue weighted by Gasteiger charge is -2.16. The summed E-state index contributed by atoms with van der Waals surface area (Å²) >= 11 is 0. The number of aromatic hydroxyl groups is 2. The summed E-state index contributed by atoms with van der Waals surface area (Å²) in [5.74, 6) is -1.76. The number of nitrogens with one attached hydrogen (secondary N) is 4. The van der Waals surface area contributed by atoms with Crippen molar-refractivity contribution < 1.29 is 57.8 Å². The maximum Gasteiger partial charge on any atom is 0.323 e. The van der Waals surface area contributed by atoms with E-state index >= 15 is 0 Å². The molecule has 0 aliphatic rings. The summed E-state index contributed by atoms with van der Waals surface area (Å²) < 4.78 is 125. The zero-order valence-corrected chi connectivity index (χ0v) is 32.1. The van der Waals surface area contributed by atoms with Crippen LogP contribution in [0.3, 0.4) is 0 Å². The van der Waals surface area contributed by atoms with Crippen molar-refractivity contribution in [2.45, 2.75) is 33.4 Å². The fourth-order valence-corrected chi connectivity index (χ4v) is 9.82. The third-order valence-electron chi connectivity index (χ3n) is 8.47. The van der Waals surface area contributed by atoms with Gasteiger partial charge in [0.2, 0.25) is 0 Å². The van der Waals surface area contributed by atoms with E-state index in [1.807, 2.05) is 0 Å². The average Bonchev–Trinajstić information content (AvgIpc) is 3.08. The van der Waals surface area contributed by atoms with Crippen LogP contribution in [-0.2, 0) is 40.3 Å². The topological polar surface area (TPSA) is 283 Å². The summed E-state index contributed by atoms with van der Waals surface area (Å²) in [6.45, 7) is 3.04. The number of benzene rings is 6. The van der Waals surface area contributed by atoms with Gasteiger partial charge in [-0.05, 0) is 61.4 Å². The molecule has 0 spiro atoms. The van der Waals surface area contributed by atoms with Crippen molar-refractivity contribution in [1.29, 1.82) is 0 Å². The number of anilines is 4. The molecule has 0 saturated heterocycles. The van der Waals surface area contributed by atoms with E-state index in [2.05, 4.69) is 20.1 Å². The fourth-order valence-electron chi connectivity index (χ4n) is 5.95. The number of fused-ring (bicyclic) bond motifs is 2. The molecule has 0 atom stereocenters. The summed E-state index contributed by atoms with van der Waals surface area (Å²) in [5.41, 5.74) is 0.695. The van der Waals surface area contributed by atoms with Crippen molar-refractivity contribution in [3.05, 3.63) is 108 Å². The van der Waals surface area contributed by atoms with Crippen LogP contribution < -0.4 is 20.1 Å². The number of hydrogen-bond donors (Lipinski definition) is 8.